The van der Waals surface area contributed by atoms with Gasteiger partial charge in [0.2, 0.25) is 0 Å². The molecule has 0 aliphatic carbocycles. The number of fused-ring (bicyclic) bond motifs is 1. The van der Waals surface area contributed by atoms with Crippen molar-refractivity contribution in [3.05, 3.63) is 40.0 Å². The Labute approximate surface area is 118 Å². The van der Waals surface area contributed by atoms with Gasteiger partial charge in [0.25, 0.3) is 11.3 Å². The van der Waals surface area contributed by atoms with Gasteiger partial charge in [-0.1, -0.05) is 0 Å². The van der Waals surface area contributed by atoms with Gasteiger partial charge in [-0.3, -0.25) is 14.7 Å². The lowest BCUT2D eigenvalue weighted by Crippen LogP contribution is -2.22. The first-order chi connectivity index (χ1) is 10.1. The Kier molecular flexibility index (Phi) is 3.05. The SMILES string of the molecule is Cc1nc2nc(-c3ccco3)[nH]n2c(=O)c1CCC(=O)O. The molecule has 3 rings (SSSR count). The van der Waals surface area contributed by atoms with Crippen molar-refractivity contribution in [1.82, 2.24) is 19.6 Å². The molecular weight excluding hydrogens is 276 g/mol. The first-order valence-corrected chi connectivity index (χ1v) is 6.30. The third kappa shape index (κ3) is 2.31. The summed E-state index contributed by atoms with van der Waals surface area (Å²) in [5, 5.41) is 11.5. The van der Waals surface area contributed by atoms with Crippen LogP contribution in [0.5, 0.6) is 0 Å². The van der Waals surface area contributed by atoms with Crippen LogP contribution in [0.25, 0.3) is 17.4 Å². The maximum atomic E-state index is 12.4. The smallest absolute Gasteiger partial charge is 0.303 e. The predicted octanol–water partition coefficient (Wildman–Crippen LogP) is 1.00. The van der Waals surface area contributed by atoms with Crippen molar-refractivity contribution >= 4 is 11.7 Å². The van der Waals surface area contributed by atoms with Gasteiger partial charge >= 0.3 is 5.97 Å². The number of carboxylic acids is 1. The fourth-order valence-electron chi connectivity index (χ4n) is 2.10. The summed E-state index contributed by atoms with van der Waals surface area (Å²) in [7, 11) is 0. The van der Waals surface area contributed by atoms with Crippen LogP contribution in [0.1, 0.15) is 17.7 Å². The van der Waals surface area contributed by atoms with E-state index >= 15 is 0 Å². The molecule has 108 valence electrons. The van der Waals surface area contributed by atoms with Crippen LogP contribution >= 0.6 is 0 Å². The quantitative estimate of drug-likeness (QED) is 0.740. The lowest BCUT2D eigenvalue weighted by atomic mass is 10.1. The second-order valence-electron chi connectivity index (χ2n) is 4.56. The van der Waals surface area contributed by atoms with E-state index in [1.807, 2.05) is 0 Å². The number of aryl methyl sites for hydroxylation is 1. The number of H-pyrrole nitrogens is 1. The zero-order valence-electron chi connectivity index (χ0n) is 11.2. The van der Waals surface area contributed by atoms with E-state index in [1.165, 1.54) is 10.8 Å². The van der Waals surface area contributed by atoms with Crippen molar-refractivity contribution in [3.8, 4) is 11.6 Å². The van der Waals surface area contributed by atoms with E-state index in [9.17, 15) is 9.59 Å². The first kappa shape index (κ1) is 13.1. The second-order valence-corrected chi connectivity index (χ2v) is 4.56. The van der Waals surface area contributed by atoms with Crippen molar-refractivity contribution in [2.24, 2.45) is 0 Å². The normalized spacial score (nSPS) is 11.1. The molecule has 2 N–H and O–H groups in total. The lowest BCUT2D eigenvalue weighted by Gasteiger charge is -2.02. The number of hydrogen-bond acceptors (Lipinski definition) is 5. The van der Waals surface area contributed by atoms with Crippen LogP contribution in [-0.4, -0.2) is 30.7 Å². The maximum Gasteiger partial charge on any atom is 0.303 e. The molecule has 0 saturated carbocycles. The van der Waals surface area contributed by atoms with Crippen LogP contribution in [0, 0.1) is 6.92 Å². The van der Waals surface area contributed by atoms with E-state index in [-0.39, 0.29) is 24.2 Å². The number of hydrogen-bond donors (Lipinski definition) is 2. The largest absolute Gasteiger partial charge is 0.481 e. The Balaban J connectivity index is 2.11. The van der Waals surface area contributed by atoms with Crippen molar-refractivity contribution in [2.45, 2.75) is 19.8 Å². The zero-order chi connectivity index (χ0) is 15.0. The van der Waals surface area contributed by atoms with Crippen LogP contribution in [0.2, 0.25) is 0 Å². The molecule has 0 atom stereocenters. The number of carboxylic acid groups (broad SMARTS) is 1. The average molecular weight is 288 g/mol. The molecule has 21 heavy (non-hydrogen) atoms. The molecule has 0 unspecified atom stereocenters. The minimum absolute atomic E-state index is 0.122. The van der Waals surface area contributed by atoms with Crippen molar-refractivity contribution < 1.29 is 14.3 Å². The van der Waals surface area contributed by atoms with Crippen molar-refractivity contribution in [2.75, 3.05) is 0 Å². The molecule has 0 aliphatic rings. The van der Waals surface area contributed by atoms with Crippen LogP contribution in [0.4, 0.5) is 0 Å². The molecule has 0 fully saturated rings. The molecule has 0 aromatic carbocycles. The molecule has 8 nitrogen and oxygen atoms in total. The number of rotatable bonds is 4. The Bertz CT molecular complexity index is 860. The molecule has 0 spiro atoms. The Hall–Kier alpha value is -2.90. The van der Waals surface area contributed by atoms with E-state index in [2.05, 4.69) is 15.1 Å². The average Bonchev–Trinajstić information content (AvgIpc) is 3.05. The van der Waals surface area contributed by atoms with Gasteiger partial charge in [-0.25, -0.2) is 4.98 Å². The second kappa shape index (κ2) is 4.89. The number of nitrogens with zero attached hydrogens (tertiary/aromatic N) is 3. The Morgan fingerprint density at radius 3 is 2.95 bits per heavy atom. The summed E-state index contributed by atoms with van der Waals surface area (Å²) in [5.41, 5.74) is 0.507. The number of aliphatic carboxylic acids is 1. The van der Waals surface area contributed by atoms with Gasteiger partial charge in [-0.15, -0.1) is 0 Å². The lowest BCUT2D eigenvalue weighted by molar-refractivity contribution is -0.136. The molecule has 3 aromatic rings. The maximum absolute atomic E-state index is 12.4. The number of nitrogens with one attached hydrogen (secondary N) is 1. The van der Waals surface area contributed by atoms with Crippen LogP contribution in [-0.2, 0) is 11.2 Å². The van der Waals surface area contributed by atoms with Crippen LogP contribution in [0.15, 0.2) is 27.6 Å². The summed E-state index contributed by atoms with van der Waals surface area (Å²) in [6.45, 7) is 1.67. The number of carbonyl (C=O) groups is 1. The third-order valence-electron chi connectivity index (χ3n) is 3.14. The summed E-state index contributed by atoms with van der Waals surface area (Å²) >= 11 is 0. The fraction of sp³-hybridized carbons (Fsp3) is 0.231. The van der Waals surface area contributed by atoms with Gasteiger partial charge in [-0.2, -0.15) is 9.50 Å². The van der Waals surface area contributed by atoms with Gasteiger partial charge in [0.15, 0.2) is 11.6 Å². The molecule has 0 aliphatic heterocycles. The van der Waals surface area contributed by atoms with E-state index in [4.69, 9.17) is 9.52 Å². The molecule has 3 heterocycles. The van der Waals surface area contributed by atoms with E-state index in [1.54, 1.807) is 19.1 Å². The van der Waals surface area contributed by atoms with Gasteiger partial charge in [0.05, 0.1) is 12.0 Å². The highest BCUT2D eigenvalue weighted by atomic mass is 16.4. The Morgan fingerprint density at radius 2 is 2.29 bits per heavy atom. The molecule has 3 aromatic heterocycles. The van der Waals surface area contributed by atoms with Crippen LogP contribution in [0.3, 0.4) is 0 Å². The summed E-state index contributed by atoms with van der Waals surface area (Å²) in [4.78, 5) is 31.5. The fourth-order valence-corrected chi connectivity index (χ4v) is 2.10. The number of aromatic nitrogens is 4. The molecule has 8 heteroatoms. The molecule has 0 bridgehead atoms. The minimum Gasteiger partial charge on any atom is -0.481 e. The highest BCUT2D eigenvalue weighted by molar-refractivity contribution is 5.67. The van der Waals surface area contributed by atoms with E-state index in [0.29, 0.717) is 22.8 Å². The van der Waals surface area contributed by atoms with E-state index in [0.717, 1.165) is 0 Å². The molecule has 0 saturated heterocycles. The summed E-state index contributed by atoms with van der Waals surface area (Å²) in [6, 6.07) is 3.42. The molecular formula is C13H12N4O4. The standard InChI is InChI=1S/C13H12N4O4/c1-7-8(4-5-10(18)19)12(20)17-13(14-7)15-11(16-17)9-3-2-6-21-9/h2-3,6H,4-5H2,1H3,(H,18,19)(H,14,15,16). The van der Waals surface area contributed by atoms with Gasteiger partial charge < -0.3 is 9.52 Å². The monoisotopic (exact) mass is 288 g/mol. The summed E-state index contributed by atoms with van der Waals surface area (Å²) in [5.74, 6) is 0.145. The predicted molar refractivity (Wildman–Crippen MR) is 72.0 cm³/mol. The first-order valence-electron chi connectivity index (χ1n) is 6.30. The zero-order valence-corrected chi connectivity index (χ0v) is 11.2. The Morgan fingerprint density at radius 1 is 1.48 bits per heavy atom. The minimum atomic E-state index is -0.959. The van der Waals surface area contributed by atoms with Crippen LogP contribution < -0.4 is 5.56 Å². The topological polar surface area (TPSA) is 113 Å². The van der Waals surface area contributed by atoms with Crippen molar-refractivity contribution in [1.29, 1.82) is 0 Å². The highest BCUT2D eigenvalue weighted by Crippen LogP contribution is 2.15. The molecule has 0 amide bonds. The summed E-state index contributed by atoms with van der Waals surface area (Å²) < 4.78 is 6.41. The highest BCUT2D eigenvalue weighted by Gasteiger charge is 2.15. The number of aromatic amines is 1. The van der Waals surface area contributed by atoms with Gasteiger partial charge in [-0.05, 0) is 25.5 Å². The summed E-state index contributed by atoms with van der Waals surface area (Å²) in [6.07, 6.45) is 1.51. The third-order valence-corrected chi connectivity index (χ3v) is 3.14. The molecule has 0 radical (unpaired) electrons. The number of furan rings is 1. The van der Waals surface area contributed by atoms with Gasteiger partial charge in [0.1, 0.15) is 0 Å². The van der Waals surface area contributed by atoms with Crippen molar-refractivity contribution in [3.63, 3.8) is 0 Å². The van der Waals surface area contributed by atoms with E-state index < -0.39 is 5.97 Å². The van der Waals surface area contributed by atoms with Gasteiger partial charge in [0, 0.05) is 12.0 Å².